The summed E-state index contributed by atoms with van der Waals surface area (Å²) < 4.78 is 1.55. The van der Waals surface area contributed by atoms with Crippen molar-refractivity contribution >= 4 is 22.5 Å². The maximum Gasteiger partial charge on any atom is 0.167 e. The van der Waals surface area contributed by atoms with Crippen LogP contribution in [0.3, 0.4) is 0 Å². The van der Waals surface area contributed by atoms with E-state index >= 15 is 0 Å². The molecule has 6 rings (SSSR count). The summed E-state index contributed by atoms with van der Waals surface area (Å²) in [5, 5.41) is 11.1. The van der Waals surface area contributed by atoms with E-state index in [9.17, 15) is 4.79 Å². The molecular formula is C26H23N7O. The molecule has 1 aliphatic heterocycles. The summed E-state index contributed by atoms with van der Waals surface area (Å²) in [4.78, 5) is 23.4. The van der Waals surface area contributed by atoms with E-state index in [2.05, 4.69) is 49.7 Å². The molecule has 8 heteroatoms. The zero-order valence-corrected chi connectivity index (χ0v) is 18.6. The number of tetrazole rings is 1. The van der Waals surface area contributed by atoms with E-state index in [1.165, 1.54) is 24.9 Å². The van der Waals surface area contributed by atoms with Gasteiger partial charge >= 0.3 is 0 Å². The molecule has 1 N–H and O–H groups in total. The smallest absolute Gasteiger partial charge is 0.167 e. The first-order chi connectivity index (χ1) is 16.7. The van der Waals surface area contributed by atoms with Gasteiger partial charge in [0.05, 0.1) is 16.7 Å². The standard InChI is InChI=1S/C26H23N7O/c34-25(19-4-10-22(11-5-19)33-17-27-30-31-33)16-18-3-12-23-24(15-18)29-26(28-23)20-6-8-21(9-7-20)32-13-1-2-14-32/h3-12,15,17H,1-2,13-14,16H2,(H,28,29). The predicted octanol–water partition coefficient (Wildman–Crippen LogP) is 4.23. The highest BCUT2D eigenvalue weighted by molar-refractivity contribution is 5.98. The van der Waals surface area contributed by atoms with E-state index in [-0.39, 0.29) is 5.78 Å². The van der Waals surface area contributed by atoms with Crippen LogP contribution in [0.5, 0.6) is 0 Å². The van der Waals surface area contributed by atoms with E-state index in [0.29, 0.717) is 12.0 Å². The first-order valence-corrected chi connectivity index (χ1v) is 11.4. The number of carbonyl (C=O) groups is 1. The molecule has 0 spiro atoms. The minimum Gasteiger partial charge on any atom is -0.372 e. The van der Waals surface area contributed by atoms with Gasteiger partial charge < -0.3 is 9.88 Å². The lowest BCUT2D eigenvalue weighted by Crippen LogP contribution is -2.17. The van der Waals surface area contributed by atoms with Gasteiger partial charge in [0.1, 0.15) is 12.2 Å². The Morgan fingerprint density at radius 2 is 1.68 bits per heavy atom. The van der Waals surface area contributed by atoms with Gasteiger partial charge in [-0.3, -0.25) is 4.79 Å². The van der Waals surface area contributed by atoms with Gasteiger partial charge in [0, 0.05) is 36.3 Å². The number of H-pyrrole nitrogens is 1. The average molecular weight is 450 g/mol. The Hall–Kier alpha value is -4.33. The molecule has 2 aromatic heterocycles. The third-order valence-electron chi connectivity index (χ3n) is 6.33. The number of nitrogens with zero attached hydrogens (tertiary/aromatic N) is 6. The van der Waals surface area contributed by atoms with Crippen molar-refractivity contribution in [3.8, 4) is 17.1 Å². The number of hydrogen-bond donors (Lipinski definition) is 1. The Kier molecular flexibility index (Phi) is 5.10. The van der Waals surface area contributed by atoms with Gasteiger partial charge in [0.25, 0.3) is 0 Å². The normalized spacial score (nSPS) is 13.6. The number of aromatic nitrogens is 6. The van der Waals surface area contributed by atoms with Gasteiger partial charge in [0.2, 0.25) is 0 Å². The number of carbonyl (C=O) groups excluding carboxylic acids is 1. The Morgan fingerprint density at radius 1 is 0.912 bits per heavy atom. The number of imidazole rings is 1. The molecule has 0 bridgehead atoms. The SMILES string of the molecule is O=C(Cc1ccc2nc(-c3ccc(N4CCCC4)cc3)[nH]c2c1)c1ccc(-n2cnnn2)cc1. The minimum absolute atomic E-state index is 0.0554. The summed E-state index contributed by atoms with van der Waals surface area (Å²) >= 11 is 0. The number of aromatic amines is 1. The van der Waals surface area contributed by atoms with Crippen LogP contribution in [0.15, 0.2) is 73.1 Å². The van der Waals surface area contributed by atoms with Gasteiger partial charge in [-0.1, -0.05) is 6.07 Å². The minimum atomic E-state index is 0.0554. The van der Waals surface area contributed by atoms with Crippen molar-refractivity contribution in [2.24, 2.45) is 0 Å². The molecule has 5 aromatic rings. The Morgan fingerprint density at radius 3 is 2.41 bits per heavy atom. The predicted molar refractivity (Wildman–Crippen MR) is 130 cm³/mol. The number of benzene rings is 3. The highest BCUT2D eigenvalue weighted by Crippen LogP contribution is 2.26. The number of ketones is 1. The average Bonchev–Trinajstić information content (AvgIpc) is 3.66. The first kappa shape index (κ1) is 20.3. The van der Waals surface area contributed by atoms with E-state index in [1.807, 2.05) is 30.3 Å². The fourth-order valence-electron chi connectivity index (χ4n) is 4.48. The van der Waals surface area contributed by atoms with E-state index in [0.717, 1.165) is 46.8 Å². The molecule has 1 fully saturated rings. The van der Waals surface area contributed by atoms with Crippen molar-refractivity contribution in [2.75, 3.05) is 18.0 Å². The molecule has 0 unspecified atom stereocenters. The number of Topliss-reactive ketones (excluding diaryl/α,β-unsaturated/α-hetero) is 1. The molecule has 0 radical (unpaired) electrons. The highest BCUT2D eigenvalue weighted by Gasteiger charge is 2.14. The number of rotatable bonds is 6. The summed E-state index contributed by atoms with van der Waals surface area (Å²) in [7, 11) is 0. The van der Waals surface area contributed by atoms with Gasteiger partial charge in [-0.05, 0) is 89.5 Å². The van der Waals surface area contributed by atoms with Crippen molar-refractivity contribution in [3.63, 3.8) is 0 Å². The van der Waals surface area contributed by atoms with Crippen LogP contribution < -0.4 is 4.90 Å². The van der Waals surface area contributed by atoms with Gasteiger partial charge in [0.15, 0.2) is 5.78 Å². The molecule has 0 atom stereocenters. The van der Waals surface area contributed by atoms with Crippen LogP contribution in [0.2, 0.25) is 0 Å². The summed E-state index contributed by atoms with van der Waals surface area (Å²) in [6.45, 7) is 2.27. The topological polar surface area (TPSA) is 92.6 Å². The molecule has 3 aromatic carbocycles. The zero-order chi connectivity index (χ0) is 22.9. The first-order valence-electron chi connectivity index (χ1n) is 11.4. The molecule has 0 saturated carbocycles. The maximum atomic E-state index is 12.8. The van der Waals surface area contributed by atoms with Crippen molar-refractivity contribution in [1.82, 2.24) is 30.2 Å². The van der Waals surface area contributed by atoms with Crippen LogP contribution in [0, 0.1) is 0 Å². The highest BCUT2D eigenvalue weighted by atomic mass is 16.1. The van der Waals surface area contributed by atoms with Gasteiger partial charge in [-0.2, -0.15) is 0 Å². The molecular weight excluding hydrogens is 426 g/mol. The second-order valence-corrected chi connectivity index (χ2v) is 8.58. The molecule has 3 heterocycles. The van der Waals surface area contributed by atoms with Crippen molar-refractivity contribution in [3.05, 3.63) is 84.2 Å². The van der Waals surface area contributed by atoms with E-state index in [1.54, 1.807) is 16.8 Å². The molecule has 1 aliphatic rings. The largest absolute Gasteiger partial charge is 0.372 e. The van der Waals surface area contributed by atoms with Crippen molar-refractivity contribution in [1.29, 1.82) is 0 Å². The monoisotopic (exact) mass is 449 g/mol. The summed E-state index contributed by atoms with van der Waals surface area (Å²) in [5.74, 6) is 0.893. The molecule has 168 valence electrons. The van der Waals surface area contributed by atoms with Crippen LogP contribution in [-0.4, -0.2) is 49.0 Å². The van der Waals surface area contributed by atoms with E-state index < -0.39 is 0 Å². The Bertz CT molecular complexity index is 1430. The molecule has 0 aliphatic carbocycles. The number of fused-ring (bicyclic) bond motifs is 1. The summed E-state index contributed by atoms with van der Waals surface area (Å²) in [6, 6.07) is 21.8. The quantitative estimate of drug-likeness (QED) is 0.390. The molecule has 8 nitrogen and oxygen atoms in total. The number of nitrogens with one attached hydrogen (secondary N) is 1. The second kappa shape index (κ2) is 8.55. The molecule has 34 heavy (non-hydrogen) atoms. The maximum absolute atomic E-state index is 12.8. The van der Waals surface area contributed by atoms with Gasteiger partial charge in [-0.15, -0.1) is 5.10 Å². The Labute approximate surface area is 196 Å². The summed E-state index contributed by atoms with van der Waals surface area (Å²) in [5.41, 5.74) is 6.55. The third-order valence-corrected chi connectivity index (χ3v) is 6.33. The van der Waals surface area contributed by atoms with Crippen LogP contribution in [0.1, 0.15) is 28.8 Å². The lowest BCUT2D eigenvalue weighted by molar-refractivity contribution is 0.0993. The summed E-state index contributed by atoms with van der Waals surface area (Å²) in [6.07, 6.45) is 4.37. The number of anilines is 1. The van der Waals surface area contributed by atoms with Crippen LogP contribution in [0.25, 0.3) is 28.1 Å². The van der Waals surface area contributed by atoms with Crippen molar-refractivity contribution in [2.45, 2.75) is 19.3 Å². The van der Waals surface area contributed by atoms with Crippen molar-refractivity contribution < 1.29 is 4.79 Å². The van der Waals surface area contributed by atoms with Gasteiger partial charge in [-0.25, -0.2) is 9.67 Å². The molecule has 1 saturated heterocycles. The molecule has 0 amide bonds. The lowest BCUT2D eigenvalue weighted by atomic mass is 10.0. The van der Waals surface area contributed by atoms with E-state index in [4.69, 9.17) is 4.98 Å². The number of hydrogen-bond acceptors (Lipinski definition) is 6. The fraction of sp³-hybridized carbons (Fsp3) is 0.192. The zero-order valence-electron chi connectivity index (χ0n) is 18.6. The third kappa shape index (κ3) is 3.94. The lowest BCUT2D eigenvalue weighted by Gasteiger charge is -2.17. The fourth-order valence-corrected chi connectivity index (χ4v) is 4.48. The van der Waals surface area contributed by atoms with Crippen LogP contribution in [-0.2, 0) is 6.42 Å². The van der Waals surface area contributed by atoms with Crippen LogP contribution >= 0.6 is 0 Å². The Balaban J connectivity index is 1.18. The van der Waals surface area contributed by atoms with Crippen LogP contribution in [0.4, 0.5) is 5.69 Å². The second-order valence-electron chi connectivity index (χ2n) is 8.58.